The van der Waals surface area contributed by atoms with Gasteiger partial charge in [-0.05, 0) is 46.3 Å². The highest BCUT2D eigenvalue weighted by Gasteiger charge is 2.43. The minimum Gasteiger partial charge on any atom is -0.458 e. The van der Waals surface area contributed by atoms with Gasteiger partial charge in [0.05, 0.1) is 16.7 Å². The average molecular weight is 587 g/mol. The molecule has 214 valence electrons. The van der Waals surface area contributed by atoms with Crippen molar-refractivity contribution >= 4 is 44.9 Å². The van der Waals surface area contributed by atoms with Crippen LogP contribution in [0.1, 0.15) is 0 Å². The van der Waals surface area contributed by atoms with E-state index in [2.05, 4.69) is 162 Å². The third-order valence-electron chi connectivity index (χ3n) is 9.54. The molecular weight excluding hydrogens is 561 g/mol. The second-order valence-electron chi connectivity index (χ2n) is 12.0. The number of nitrogens with zero attached hydrogens (tertiary/aromatic N) is 1. The number of hydrogen-bond donors (Lipinski definition) is 0. The van der Waals surface area contributed by atoms with Crippen molar-refractivity contribution in [3.63, 3.8) is 0 Å². The van der Waals surface area contributed by atoms with Crippen LogP contribution in [0.25, 0.3) is 49.7 Å². The molecule has 1 aromatic heterocycles. The van der Waals surface area contributed by atoms with Crippen molar-refractivity contribution in [2.75, 3.05) is 0 Å². The highest BCUT2D eigenvalue weighted by molar-refractivity contribution is 6.98. The van der Waals surface area contributed by atoms with Crippen molar-refractivity contribution in [3.05, 3.63) is 158 Å². The van der Waals surface area contributed by atoms with Crippen LogP contribution in [0.15, 0.2) is 158 Å². The van der Waals surface area contributed by atoms with Crippen LogP contribution in [-0.4, -0.2) is 11.3 Å². The number of ether oxygens (including phenoxy) is 2. The van der Waals surface area contributed by atoms with Crippen LogP contribution in [0.5, 0.6) is 23.0 Å². The molecule has 0 saturated heterocycles. The lowest BCUT2D eigenvalue weighted by molar-refractivity contribution is 0.465. The Kier molecular flexibility index (Phi) is 5.37. The smallest absolute Gasteiger partial charge is 0.260 e. The van der Waals surface area contributed by atoms with E-state index in [9.17, 15) is 0 Å². The molecule has 7 aromatic carbocycles. The maximum atomic E-state index is 7.19. The summed E-state index contributed by atoms with van der Waals surface area (Å²) in [6, 6.07) is 55.7. The SMILES string of the molecule is c1ccc(-c2cccc3c2Oc2ccc(-n4c5ccccc5c5ccccc54)c4c2B3c2cccc(-c3ccccc3)c2O4)cc1. The zero-order chi connectivity index (χ0) is 30.2. The van der Waals surface area contributed by atoms with Gasteiger partial charge in [0.2, 0.25) is 0 Å². The topological polar surface area (TPSA) is 23.4 Å². The number of hydrogen-bond acceptors (Lipinski definition) is 2. The predicted octanol–water partition coefficient (Wildman–Crippen LogP) is 8.85. The molecule has 46 heavy (non-hydrogen) atoms. The Morgan fingerprint density at radius 1 is 0.413 bits per heavy atom. The Hall–Kier alpha value is -6.00. The van der Waals surface area contributed by atoms with E-state index >= 15 is 0 Å². The van der Waals surface area contributed by atoms with E-state index in [4.69, 9.17) is 9.47 Å². The van der Waals surface area contributed by atoms with Crippen LogP contribution in [0.2, 0.25) is 0 Å². The monoisotopic (exact) mass is 587 g/mol. The van der Waals surface area contributed by atoms with Gasteiger partial charge in [-0.25, -0.2) is 0 Å². The van der Waals surface area contributed by atoms with Crippen LogP contribution in [0.3, 0.4) is 0 Å². The quantitative estimate of drug-likeness (QED) is 0.193. The van der Waals surface area contributed by atoms with Crippen LogP contribution < -0.4 is 25.9 Å². The summed E-state index contributed by atoms with van der Waals surface area (Å²) in [7, 11) is 0. The third-order valence-corrected chi connectivity index (χ3v) is 9.54. The van der Waals surface area contributed by atoms with Gasteiger partial charge >= 0.3 is 0 Å². The molecule has 0 N–H and O–H groups in total. The number of rotatable bonds is 3. The van der Waals surface area contributed by atoms with Crippen molar-refractivity contribution in [1.82, 2.24) is 4.57 Å². The highest BCUT2D eigenvalue weighted by Crippen LogP contribution is 2.45. The van der Waals surface area contributed by atoms with Crippen molar-refractivity contribution in [2.45, 2.75) is 0 Å². The Morgan fingerprint density at radius 3 is 1.52 bits per heavy atom. The van der Waals surface area contributed by atoms with E-state index < -0.39 is 0 Å². The largest absolute Gasteiger partial charge is 0.458 e. The van der Waals surface area contributed by atoms with Gasteiger partial charge in [0.1, 0.15) is 23.0 Å². The van der Waals surface area contributed by atoms with Crippen molar-refractivity contribution in [3.8, 4) is 50.9 Å². The second-order valence-corrected chi connectivity index (χ2v) is 12.0. The fraction of sp³-hybridized carbons (Fsp3) is 0. The van der Waals surface area contributed by atoms with E-state index in [1.54, 1.807) is 0 Å². The molecule has 0 amide bonds. The number of fused-ring (bicyclic) bond motifs is 7. The molecule has 2 aliphatic heterocycles. The zero-order valence-electron chi connectivity index (χ0n) is 24.9. The molecule has 3 heterocycles. The lowest BCUT2D eigenvalue weighted by atomic mass is 9.34. The van der Waals surface area contributed by atoms with Gasteiger partial charge in [0.15, 0.2) is 0 Å². The first-order valence-electron chi connectivity index (χ1n) is 15.7. The fourth-order valence-corrected chi connectivity index (χ4v) is 7.57. The molecule has 10 rings (SSSR count). The molecule has 8 aromatic rings. The van der Waals surface area contributed by atoms with Crippen LogP contribution >= 0.6 is 0 Å². The summed E-state index contributed by atoms with van der Waals surface area (Å²) in [5.74, 6) is 3.46. The lowest BCUT2D eigenvalue weighted by Crippen LogP contribution is -2.57. The molecule has 3 nitrogen and oxygen atoms in total. The van der Waals surface area contributed by atoms with Gasteiger partial charge in [0, 0.05) is 27.4 Å². The fourth-order valence-electron chi connectivity index (χ4n) is 7.57. The molecule has 0 unspecified atom stereocenters. The third kappa shape index (κ3) is 3.55. The first-order chi connectivity index (χ1) is 22.8. The molecule has 0 fully saturated rings. The minimum absolute atomic E-state index is 0.0714. The summed E-state index contributed by atoms with van der Waals surface area (Å²) in [6.45, 7) is -0.0714. The molecule has 0 atom stereocenters. The van der Waals surface area contributed by atoms with Crippen LogP contribution in [0, 0.1) is 0 Å². The lowest BCUT2D eigenvalue weighted by Gasteiger charge is -2.35. The van der Waals surface area contributed by atoms with E-state index in [-0.39, 0.29) is 6.71 Å². The molecule has 0 radical (unpaired) electrons. The standard InChI is InChI=1S/C42H26BNO2/c1-3-13-27(14-4-1)29-19-11-21-33-40(29)45-38-26-25-37(44-35-23-9-7-17-31(35)32-18-8-10-24-36(32)44)42-39(38)43(33)34-22-12-20-30(41(34)46-42)28-15-5-2-6-16-28/h1-26H. The summed E-state index contributed by atoms with van der Waals surface area (Å²) >= 11 is 0. The summed E-state index contributed by atoms with van der Waals surface area (Å²) < 4.78 is 16.4. The average Bonchev–Trinajstić information content (AvgIpc) is 3.46. The van der Waals surface area contributed by atoms with E-state index in [1.165, 1.54) is 10.8 Å². The number of aromatic nitrogens is 1. The van der Waals surface area contributed by atoms with Gasteiger partial charge in [-0.15, -0.1) is 0 Å². The maximum absolute atomic E-state index is 7.19. The number of para-hydroxylation sites is 4. The number of benzene rings is 7. The summed E-state index contributed by atoms with van der Waals surface area (Å²) in [5, 5.41) is 2.43. The predicted molar refractivity (Wildman–Crippen MR) is 189 cm³/mol. The van der Waals surface area contributed by atoms with Crippen molar-refractivity contribution in [2.24, 2.45) is 0 Å². The van der Waals surface area contributed by atoms with Crippen LogP contribution in [-0.2, 0) is 0 Å². The Balaban J connectivity index is 1.30. The molecule has 2 aliphatic rings. The zero-order valence-corrected chi connectivity index (χ0v) is 24.9. The van der Waals surface area contributed by atoms with Gasteiger partial charge in [-0.3, -0.25) is 0 Å². The van der Waals surface area contributed by atoms with Crippen molar-refractivity contribution < 1.29 is 9.47 Å². The summed E-state index contributed by atoms with van der Waals surface area (Å²) in [5.41, 5.74) is 11.1. The molecular formula is C42H26BNO2. The van der Waals surface area contributed by atoms with Gasteiger partial charge < -0.3 is 14.0 Å². The van der Waals surface area contributed by atoms with Crippen molar-refractivity contribution in [1.29, 1.82) is 0 Å². The highest BCUT2D eigenvalue weighted by atomic mass is 16.5. The Labute approximate surface area is 267 Å². The van der Waals surface area contributed by atoms with Gasteiger partial charge in [-0.1, -0.05) is 133 Å². The Bertz CT molecular complexity index is 2420. The minimum atomic E-state index is -0.0714. The van der Waals surface area contributed by atoms with E-state index in [0.717, 1.165) is 78.4 Å². The molecule has 4 heteroatoms. The summed E-state index contributed by atoms with van der Waals surface area (Å²) in [6.07, 6.45) is 0. The Morgan fingerprint density at radius 2 is 0.935 bits per heavy atom. The van der Waals surface area contributed by atoms with Crippen LogP contribution in [0.4, 0.5) is 0 Å². The van der Waals surface area contributed by atoms with Gasteiger partial charge in [-0.2, -0.15) is 0 Å². The normalized spacial score (nSPS) is 12.7. The molecule has 0 saturated carbocycles. The molecule has 0 spiro atoms. The van der Waals surface area contributed by atoms with E-state index in [1.807, 2.05) is 0 Å². The first kappa shape index (κ1) is 25.3. The maximum Gasteiger partial charge on any atom is 0.260 e. The second kappa shape index (κ2) is 9.75. The first-order valence-corrected chi connectivity index (χ1v) is 15.7. The summed E-state index contributed by atoms with van der Waals surface area (Å²) in [4.78, 5) is 0. The molecule has 0 aliphatic carbocycles. The molecule has 0 bridgehead atoms. The van der Waals surface area contributed by atoms with E-state index in [0.29, 0.717) is 0 Å². The van der Waals surface area contributed by atoms with Gasteiger partial charge in [0.25, 0.3) is 6.71 Å².